The van der Waals surface area contributed by atoms with E-state index in [0.29, 0.717) is 0 Å². The summed E-state index contributed by atoms with van der Waals surface area (Å²) in [5, 5.41) is 0. The molecule has 0 radical (unpaired) electrons. The highest BCUT2D eigenvalue weighted by Gasteiger charge is 2.01. The van der Waals surface area contributed by atoms with Gasteiger partial charge in [0.25, 0.3) is 0 Å². The molecule has 0 heterocycles. The van der Waals surface area contributed by atoms with Crippen molar-refractivity contribution in [1.29, 1.82) is 0 Å². The van der Waals surface area contributed by atoms with Gasteiger partial charge in [0, 0.05) is 5.75 Å². The van der Waals surface area contributed by atoms with E-state index in [9.17, 15) is 0 Å². The molecule has 0 N–H and O–H groups in total. The Balaban J connectivity index is 1.82. The molecule has 0 fully saturated rings. The first-order valence-corrected chi connectivity index (χ1v) is 7.02. The molecule has 2 aromatic rings. The van der Waals surface area contributed by atoms with Gasteiger partial charge in [0.15, 0.2) is 0 Å². The Bertz CT molecular complexity index is 463. The minimum atomic E-state index is 0.988. The summed E-state index contributed by atoms with van der Waals surface area (Å²) in [6.07, 6.45) is 1.07. The fourth-order valence-corrected chi connectivity index (χ4v) is 2.78. The summed E-state index contributed by atoms with van der Waals surface area (Å²) in [5.41, 5.74) is 2.52. The van der Waals surface area contributed by atoms with Crippen LogP contribution in [0.25, 0.3) is 0 Å². The van der Waals surface area contributed by atoms with E-state index in [2.05, 4.69) is 36.4 Å². The smallest absolute Gasteiger partial charge is 0.0778 e. The second kappa shape index (κ2) is 6.58. The van der Waals surface area contributed by atoms with Crippen molar-refractivity contribution in [3.8, 4) is 0 Å². The lowest BCUT2D eigenvalue weighted by Gasteiger charge is -2.03. The molecular formula is C15H14S2. The molecule has 0 aliphatic rings. The third kappa shape index (κ3) is 3.99. The first-order valence-electron chi connectivity index (χ1n) is 5.62. The summed E-state index contributed by atoms with van der Waals surface area (Å²) in [6, 6.07) is 20.7. The largest absolute Gasteiger partial charge is 0.114 e. The van der Waals surface area contributed by atoms with Gasteiger partial charge in [-0.2, -0.15) is 0 Å². The minimum absolute atomic E-state index is 0.988. The molecule has 0 nitrogen and oxygen atoms in total. The summed E-state index contributed by atoms with van der Waals surface area (Å²) in [7, 11) is 0. The lowest BCUT2D eigenvalue weighted by molar-refractivity contribution is 1.16. The maximum Gasteiger partial charge on any atom is 0.0778 e. The van der Waals surface area contributed by atoms with Crippen molar-refractivity contribution >= 4 is 28.2 Å². The third-order valence-electron chi connectivity index (χ3n) is 2.48. The standard InChI is InChI=1S/C15H14S2/c16-15(14-9-5-2-6-10-14)17-12-11-13-7-3-1-4-8-13/h1-10H,11-12H2. The second-order valence-electron chi connectivity index (χ2n) is 3.74. The van der Waals surface area contributed by atoms with E-state index in [1.165, 1.54) is 5.56 Å². The van der Waals surface area contributed by atoms with Gasteiger partial charge in [-0.3, -0.25) is 0 Å². The molecular weight excluding hydrogens is 244 g/mol. The molecule has 86 valence electrons. The van der Waals surface area contributed by atoms with Gasteiger partial charge in [0.05, 0.1) is 4.20 Å². The summed E-state index contributed by atoms with van der Waals surface area (Å²) in [4.78, 5) is 0. The minimum Gasteiger partial charge on any atom is -0.114 e. The van der Waals surface area contributed by atoms with Gasteiger partial charge in [-0.25, -0.2) is 0 Å². The first-order chi connectivity index (χ1) is 8.36. The Kier molecular flexibility index (Phi) is 4.77. The predicted molar refractivity (Wildman–Crippen MR) is 80.7 cm³/mol. The van der Waals surface area contributed by atoms with Crippen molar-refractivity contribution < 1.29 is 0 Å². The number of aryl methyl sites for hydroxylation is 1. The van der Waals surface area contributed by atoms with Crippen LogP contribution in [0.1, 0.15) is 11.1 Å². The van der Waals surface area contributed by atoms with E-state index < -0.39 is 0 Å². The van der Waals surface area contributed by atoms with Crippen molar-refractivity contribution in [1.82, 2.24) is 0 Å². The zero-order chi connectivity index (χ0) is 11.9. The second-order valence-corrected chi connectivity index (χ2v) is 5.51. The Hall–Kier alpha value is -1.12. The molecule has 0 spiro atoms. The normalized spacial score (nSPS) is 10.1. The molecule has 0 aromatic heterocycles. The quantitative estimate of drug-likeness (QED) is 0.748. The maximum absolute atomic E-state index is 5.40. The predicted octanol–water partition coefficient (Wildman–Crippen LogP) is 4.34. The number of hydrogen-bond donors (Lipinski definition) is 0. The van der Waals surface area contributed by atoms with Crippen molar-refractivity contribution in [3.63, 3.8) is 0 Å². The van der Waals surface area contributed by atoms with Crippen LogP contribution in [0.3, 0.4) is 0 Å². The van der Waals surface area contributed by atoms with Crippen LogP contribution in [0.5, 0.6) is 0 Å². The lowest BCUT2D eigenvalue weighted by Crippen LogP contribution is -1.95. The van der Waals surface area contributed by atoms with Crippen LogP contribution in [0, 0.1) is 0 Å². The molecule has 17 heavy (non-hydrogen) atoms. The fourth-order valence-electron chi connectivity index (χ4n) is 1.56. The molecule has 2 heteroatoms. The van der Waals surface area contributed by atoms with Gasteiger partial charge in [-0.15, -0.1) is 11.8 Å². The molecule has 0 aliphatic carbocycles. The van der Waals surface area contributed by atoms with E-state index >= 15 is 0 Å². The summed E-state index contributed by atoms with van der Waals surface area (Å²) >= 11 is 7.15. The number of thiocarbonyl (C=S) groups is 1. The van der Waals surface area contributed by atoms with Gasteiger partial charge < -0.3 is 0 Å². The van der Waals surface area contributed by atoms with Crippen LogP contribution in [-0.4, -0.2) is 9.95 Å². The van der Waals surface area contributed by atoms with Crippen LogP contribution in [0.15, 0.2) is 60.7 Å². The summed E-state index contributed by atoms with van der Waals surface area (Å²) in [5.74, 6) is 1.04. The van der Waals surface area contributed by atoms with Crippen molar-refractivity contribution in [3.05, 3.63) is 71.8 Å². The number of benzene rings is 2. The Morgan fingerprint density at radius 2 is 1.47 bits per heavy atom. The number of thioether (sulfide) groups is 1. The highest BCUT2D eigenvalue weighted by atomic mass is 32.2. The van der Waals surface area contributed by atoms with Crippen LogP contribution in [0.4, 0.5) is 0 Å². The first kappa shape index (κ1) is 12.3. The van der Waals surface area contributed by atoms with Gasteiger partial charge in [-0.05, 0) is 17.5 Å². The van der Waals surface area contributed by atoms with Crippen LogP contribution in [-0.2, 0) is 6.42 Å². The van der Waals surface area contributed by atoms with Crippen molar-refractivity contribution in [2.45, 2.75) is 6.42 Å². The molecule has 0 aliphatic heterocycles. The molecule has 0 amide bonds. The SMILES string of the molecule is S=C(SCCc1ccccc1)c1ccccc1. The molecule has 2 aromatic carbocycles. The average Bonchev–Trinajstić information content (AvgIpc) is 2.41. The molecule has 0 atom stereocenters. The van der Waals surface area contributed by atoms with E-state index in [1.54, 1.807) is 11.8 Å². The summed E-state index contributed by atoms with van der Waals surface area (Å²) < 4.78 is 0.988. The topological polar surface area (TPSA) is 0 Å². The lowest BCUT2D eigenvalue weighted by atomic mass is 10.2. The highest BCUT2D eigenvalue weighted by molar-refractivity contribution is 8.23. The van der Waals surface area contributed by atoms with Gasteiger partial charge in [0.1, 0.15) is 0 Å². The van der Waals surface area contributed by atoms with Crippen molar-refractivity contribution in [2.75, 3.05) is 5.75 Å². The molecule has 0 saturated heterocycles. The molecule has 2 rings (SSSR count). The van der Waals surface area contributed by atoms with Gasteiger partial charge in [0.2, 0.25) is 0 Å². The number of rotatable bonds is 4. The van der Waals surface area contributed by atoms with E-state index in [-0.39, 0.29) is 0 Å². The zero-order valence-electron chi connectivity index (χ0n) is 9.50. The monoisotopic (exact) mass is 258 g/mol. The van der Waals surface area contributed by atoms with Crippen molar-refractivity contribution in [2.24, 2.45) is 0 Å². The third-order valence-corrected chi connectivity index (χ3v) is 3.97. The van der Waals surface area contributed by atoms with Gasteiger partial charge >= 0.3 is 0 Å². The van der Waals surface area contributed by atoms with E-state index in [1.807, 2.05) is 24.3 Å². The average molecular weight is 258 g/mol. The Morgan fingerprint density at radius 3 is 2.12 bits per heavy atom. The number of hydrogen-bond acceptors (Lipinski definition) is 2. The highest BCUT2D eigenvalue weighted by Crippen LogP contribution is 2.15. The fraction of sp³-hybridized carbons (Fsp3) is 0.133. The summed E-state index contributed by atoms with van der Waals surface area (Å²) in [6.45, 7) is 0. The van der Waals surface area contributed by atoms with E-state index in [0.717, 1.165) is 21.9 Å². The van der Waals surface area contributed by atoms with Crippen LogP contribution in [0.2, 0.25) is 0 Å². The molecule has 0 bridgehead atoms. The maximum atomic E-state index is 5.40. The van der Waals surface area contributed by atoms with Crippen LogP contribution >= 0.6 is 24.0 Å². The van der Waals surface area contributed by atoms with Crippen LogP contribution < -0.4 is 0 Å². The Morgan fingerprint density at radius 1 is 0.882 bits per heavy atom. The van der Waals surface area contributed by atoms with E-state index in [4.69, 9.17) is 12.2 Å². The van der Waals surface area contributed by atoms with Gasteiger partial charge in [-0.1, -0.05) is 72.9 Å². The molecule has 0 saturated carbocycles. The zero-order valence-corrected chi connectivity index (χ0v) is 11.1. The Labute approximate surface area is 112 Å². The molecule has 0 unspecified atom stereocenters.